The van der Waals surface area contributed by atoms with E-state index in [2.05, 4.69) is 48.7 Å². The highest BCUT2D eigenvalue weighted by Gasteiger charge is 2.14. The molecule has 1 saturated heterocycles. The summed E-state index contributed by atoms with van der Waals surface area (Å²) < 4.78 is 11.1. The van der Waals surface area contributed by atoms with E-state index in [1.54, 1.807) is 7.11 Å². The molecule has 0 spiro atoms. The van der Waals surface area contributed by atoms with Crippen LogP contribution >= 0.6 is 0 Å². The number of benzene rings is 1. The number of aromatic nitrogens is 4. The van der Waals surface area contributed by atoms with Gasteiger partial charge in [-0.15, -0.1) is 0 Å². The number of hydrogen-bond donors (Lipinski definition) is 3. The predicted octanol–water partition coefficient (Wildman–Crippen LogP) is 2.30. The summed E-state index contributed by atoms with van der Waals surface area (Å²) in [5.74, 6) is 1.86. The van der Waals surface area contributed by atoms with Crippen molar-refractivity contribution in [3.8, 4) is 23.1 Å². The van der Waals surface area contributed by atoms with E-state index in [0.29, 0.717) is 17.7 Å². The summed E-state index contributed by atoms with van der Waals surface area (Å²) in [5.41, 5.74) is 3.14. The zero-order valence-corrected chi connectivity index (χ0v) is 18.8. The lowest BCUT2D eigenvalue weighted by molar-refractivity contribution is 0.0343. The summed E-state index contributed by atoms with van der Waals surface area (Å²) in [5, 5.41) is 22.8. The summed E-state index contributed by atoms with van der Waals surface area (Å²) in [6.45, 7) is 7.59. The minimum Gasteiger partial charge on any atom is -0.496 e. The minimum absolute atomic E-state index is 0.262. The molecule has 2 aromatic heterocycles. The summed E-state index contributed by atoms with van der Waals surface area (Å²) in [6.07, 6.45) is 2.91. The summed E-state index contributed by atoms with van der Waals surface area (Å²) in [6, 6.07) is 10.4. The van der Waals surface area contributed by atoms with E-state index in [-0.39, 0.29) is 5.69 Å². The van der Waals surface area contributed by atoms with Gasteiger partial charge in [0.15, 0.2) is 11.5 Å². The van der Waals surface area contributed by atoms with Crippen LogP contribution in [-0.4, -0.2) is 71.1 Å². The lowest BCUT2D eigenvalue weighted by Crippen LogP contribution is -2.44. The second-order valence-electron chi connectivity index (χ2n) is 7.92. The lowest BCUT2D eigenvalue weighted by Gasteiger charge is -2.29. The number of methoxy groups -OCH3 is 1. The van der Waals surface area contributed by atoms with Gasteiger partial charge in [0.2, 0.25) is 0 Å². The Bertz CT molecular complexity index is 1090. The van der Waals surface area contributed by atoms with Gasteiger partial charge in [-0.1, -0.05) is 6.07 Å². The molecule has 0 radical (unpaired) electrons. The molecule has 10 nitrogen and oxygen atoms in total. The Morgan fingerprint density at radius 3 is 2.79 bits per heavy atom. The third kappa shape index (κ3) is 6.04. The van der Waals surface area contributed by atoms with Crippen molar-refractivity contribution < 1.29 is 9.47 Å². The normalized spacial score (nSPS) is 15.1. The standard InChI is InChI=1S/C23H28N8O2/c1-16(15-31-5-7-33-8-6-31)25-12-17-3-4-19(21(9-17)32-2)20-10-22(30-29-20)28-23-14-26-18(11-24)13-27-23/h3-4,9-10,13-14,16,25H,5-8,12,15H2,1-2H3,(H2,27,28,29,30)/t16-/m1/s1. The van der Waals surface area contributed by atoms with Gasteiger partial charge in [-0.3, -0.25) is 10.00 Å². The number of anilines is 2. The van der Waals surface area contributed by atoms with Gasteiger partial charge in [0.25, 0.3) is 0 Å². The number of H-pyrrole nitrogens is 1. The fraction of sp³-hybridized carbons (Fsp3) is 0.391. The van der Waals surface area contributed by atoms with Crippen molar-refractivity contribution in [1.29, 1.82) is 5.26 Å². The first-order valence-corrected chi connectivity index (χ1v) is 10.9. The molecule has 1 fully saturated rings. The molecule has 33 heavy (non-hydrogen) atoms. The third-order valence-electron chi connectivity index (χ3n) is 5.45. The van der Waals surface area contributed by atoms with Crippen molar-refractivity contribution in [2.45, 2.75) is 19.5 Å². The molecule has 3 aromatic rings. The highest BCUT2D eigenvalue weighted by atomic mass is 16.5. The average molecular weight is 449 g/mol. The van der Waals surface area contributed by atoms with E-state index in [4.69, 9.17) is 14.7 Å². The average Bonchev–Trinajstić information content (AvgIpc) is 3.32. The molecule has 1 atom stereocenters. The zero-order chi connectivity index (χ0) is 23.0. The van der Waals surface area contributed by atoms with Crippen molar-refractivity contribution in [3.63, 3.8) is 0 Å². The van der Waals surface area contributed by atoms with E-state index in [9.17, 15) is 0 Å². The van der Waals surface area contributed by atoms with E-state index in [1.807, 2.05) is 24.3 Å². The van der Waals surface area contributed by atoms with Crippen LogP contribution in [0.5, 0.6) is 5.75 Å². The molecule has 3 N–H and O–H groups in total. The van der Waals surface area contributed by atoms with Gasteiger partial charge in [-0.05, 0) is 24.6 Å². The molecule has 10 heteroatoms. The molecule has 1 aliphatic rings. The van der Waals surface area contributed by atoms with E-state index in [0.717, 1.165) is 62.0 Å². The first-order valence-electron chi connectivity index (χ1n) is 10.9. The van der Waals surface area contributed by atoms with Gasteiger partial charge in [0, 0.05) is 43.9 Å². The number of nitrogens with one attached hydrogen (secondary N) is 3. The van der Waals surface area contributed by atoms with Crippen molar-refractivity contribution in [1.82, 2.24) is 30.4 Å². The Hall–Kier alpha value is -3.52. The molecule has 172 valence electrons. The molecule has 0 unspecified atom stereocenters. The van der Waals surface area contributed by atoms with Crippen LogP contribution in [0.2, 0.25) is 0 Å². The van der Waals surface area contributed by atoms with Crippen LogP contribution in [0, 0.1) is 11.3 Å². The lowest BCUT2D eigenvalue weighted by atomic mass is 10.1. The number of aromatic amines is 1. The quantitative estimate of drug-likeness (QED) is 0.452. The number of ether oxygens (including phenoxy) is 2. The number of hydrogen-bond acceptors (Lipinski definition) is 9. The van der Waals surface area contributed by atoms with Crippen LogP contribution in [0.15, 0.2) is 36.7 Å². The monoisotopic (exact) mass is 448 g/mol. The summed E-state index contributed by atoms with van der Waals surface area (Å²) in [4.78, 5) is 10.6. The van der Waals surface area contributed by atoms with E-state index in [1.165, 1.54) is 12.4 Å². The zero-order valence-electron chi connectivity index (χ0n) is 18.8. The maximum absolute atomic E-state index is 8.83. The van der Waals surface area contributed by atoms with E-state index < -0.39 is 0 Å². The first-order chi connectivity index (χ1) is 16.1. The predicted molar refractivity (Wildman–Crippen MR) is 124 cm³/mol. The van der Waals surface area contributed by atoms with Crippen molar-refractivity contribution in [3.05, 3.63) is 47.9 Å². The number of morpholine rings is 1. The molecular formula is C23H28N8O2. The fourth-order valence-electron chi connectivity index (χ4n) is 3.70. The van der Waals surface area contributed by atoms with Crippen LogP contribution in [0.3, 0.4) is 0 Å². The molecule has 3 heterocycles. The summed E-state index contributed by atoms with van der Waals surface area (Å²) in [7, 11) is 1.67. The molecule has 1 aromatic carbocycles. The van der Waals surface area contributed by atoms with E-state index >= 15 is 0 Å². The maximum atomic E-state index is 8.83. The van der Waals surface area contributed by atoms with Gasteiger partial charge < -0.3 is 20.1 Å². The Balaban J connectivity index is 1.37. The fourth-order valence-corrected chi connectivity index (χ4v) is 3.70. The number of nitriles is 1. The highest BCUT2D eigenvalue weighted by Crippen LogP contribution is 2.31. The van der Waals surface area contributed by atoms with Crippen molar-refractivity contribution >= 4 is 11.6 Å². The van der Waals surface area contributed by atoms with Gasteiger partial charge >= 0.3 is 0 Å². The number of rotatable bonds is 9. The van der Waals surface area contributed by atoms with Crippen molar-refractivity contribution in [2.75, 3.05) is 45.3 Å². The van der Waals surface area contributed by atoms with Crippen LogP contribution in [0.4, 0.5) is 11.6 Å². The Morgan fingerprint density at radius 1 is 1.21 bits per heavy atom. The first kappa shape index (κ1) is 22.7. The third-order valence-corrected chi connectivity index (χ3v) is 5.45. The SMILES string of the molecule is COc1cc(CN[C@H](C)CN2CCOCC2)ccc1-c1cc(Nc2cnc(C#N)cn2)n[nH]1. The van der Waals surface area contributed by atoms with Crippen LogP contribution in [-0.2, 0) is 11.3 Å². The summed E-state index contributed by atoms with van der Waals surface area (Å²) >= 11 is 0. The second kappa shape index (κ2) is 10.9. The van der Waals surface area contributed by atoms with Crippen LogP contribution < -0.4 is 15.4 Å². The Kier molecular flexibility index (Phi) is 7.47. The largest absolute Gasteiger partial charge is 0.496 e. The number of nitrogens with zero attached hydrogens (tertiary/aromatic N) is 5. The molecular weight excluding hydrogens is 420 g/mol. The molecule has 1 aliphatic heterocycles. The Morgan fingerprint density at radius 2 is 2.06 bits per heavy atom. The van der Waals surface area contributed by atoms with Crippen molar-refractivity contribution in [2.24, 2.45) is 0 Å². The highest BCUT2D eigenvalue weighted by molar-refractivity contribution is 5.71. The molecule has 0 saturated carbocycles. The molecule has 4 rings (SSSR count). The molecule has 0 amide bonds. The maximum Gasteiger partial charge on any atom is 0.158 e. The van der Waals surface area contributed by atoms with Gasteiger partial charge in [0.05, 0.1) is 38.4 Å². The van der Waals surface area contributed by atoms with Gasteiger partial charge in [0.1, 0.15) is 17.6 Å². The van der Waals surface area contributed by atoms with Crippen LogP contribution in [0.1, 0.15) is 18.2 Å². The Labute approximate surface area is 193 Å². The topological polar surface area (TPSA) is 124 Å². The van der Waals surface area contributed by atoms with Gasteiger partial charge in [-0.2, -0.15) is 10.4 Å². The van der Waals surface area contributed by atoms with Gasteiger partial charge in [-0.25, -0.2) is 9.97 Å². The second-order valence-corrected chi connectivity index (χ2v) is 7.92. The minimum atomic E-state index is 0.262. The smallest absolute Gasteiger partial charge is 0.158 e. The van der Waals surface area contributed by atoms with Crippen LogP contribution in [0.25, 0.3) is 11.3 Å². The molecule has 0 aliphatic carbocycles. The molecule has 0 bridgehead atoms.